The van der Waals surface area contributed by atoms with Crippen LogP contribution in [0.25, 0.3) is 0 Å². The lowest BCUT2D eigenvalue weighted by Gasteiger charge is -2.11. The molecular weight excluding hydrogens is 288 g/mol. The van der Waals surface area contributed by atoms with Gasteiger partial charge in [0.2, 0.25) is 0 Å². The fourth-order valence-corrected chi connectivity index (χ4v) is 1.38. The highest BCUT2D eigenvalue weighted by molar-refractivity contribution is 5.20. The van der Waals surface area contributed by atoms with E-state index < -0.39 is 0 Å². The number of benzene rings is 1. The van der Waals surface area contributed by atoms with Gasteiger partial charge >= 0.3 is 5.09 Å². The highest BCUT2D eigenvalue weighted by Gasteiger charge is 2.21. The fourth-order valence-electron chi connectivity index (χ4n) is 1.38. The lowest BCUT2D eigenvalue weighted by atomic mass is 10.3. The Balaban J connectivity index is 0.000000461. The molecule has 126 valence electrons. The van der Waals surface area contributed by atoms with Gasteiger partial charge in [-0.1, -0.05) is 38.2 Å². The number of hydrogen-bond acceptors (Lipinski definition) is 7. The lowest BCUT2D eigenvalue weighted by molar-refractivity contribution is -1.04. The van der Waals surface area contributed by atoms with Crippen LogP contribution in [0.2, 0.25) is 0 Å². The normalized spacial score (nSPS) is 9.95. The van der Waals surface area contributed by atoms with Crippen molar-refractivity contribution in [2.75, 3.05) is 26.2 Å². The summed E-state index contributed by atoms with van der Waals surface area (Å²) in [6.07, 6.45) is 0. The minimum Gasteiger partial charge on any atom is -0.412 e. The van der Waals surface area contributed by atoms with Gasteiger partial charge in [0.05, 0.1) is 0 Å². The first-order chi connectivity index (χ1) is 10.6. The Hall–Kier alpha value is -1.90. The first kappa shape index (κ1) is 20.1. The summed E-state index contributed by atoms with van der Waals surface area (Å²) in [5, 5.41) is 3.12. The van der Waals surface area contributed by atoms with Gasteiger partial charge in [-0.05, 0) is 39.8 Å². The minimum atomic E-state index is 0.125. The summed E-state index contributed by atoms with van der Waals surface area (Å²) in [7, 11) is 0. The average Bonchev–Trinajstić information content (AvgIpc) is 2.58. The van der Waals surface area contributed by atoms with Crippen LogP contribution in [0.5, 0.6) is 5.75 Å². The lowest BCUT2D eigenvalue weighted by Crippen LogP contribution is -2.34. The summed E-state index contributed by atoms with van der Waals surface area (Å²) in [5.74, 6) is 5.54. The van der Waals surface area contributed by atoms with Crippen molar-refractivity contribution in [3.8, 4) is 5.75 Å². The topological polar surface area (TPSA) is 80.3 Å². The summed E-state index contributed by atoms with van der Waals surface area (Å²) in [4.78, 5) is 25.2. The molecule has 1 aromatic carbocycles. The predicted molar refractivity (Wildman–Crippen MR) is 82.9 cm³/mol. The van der Waals surface area contributed by atoms with Crippen molar-refractivity contribution in [2.45, 2.75) is 27.7 Å². The van der Waals surface area contributed by atoms with E-state index in [2.05, 4.69) is 4.84 Å². The van der Waals surface area contributed by atoms with Gasteiger partial charge in [0, 0.05) is 26.2 Å². The SMILES string of the molecule is CCN(CC)O[N+](=O)ON(CC)CC.NOc1ccccc1. The highest BCUT2D eigenvalue weighted by atomic mass is 17.1. The van der Waals surface area contributed by atoms with Crippen LogP contribution < -0.4 is 10.7 Å². The van der Waals surface area contributed by atoms with Crippen molar-refractivity contribution in [2.24, 2.45) is 5.90 Å². The minimum absolute atomic E-state index is 0.125. The second-order valence-electron chi connectivity index (χ2n) is 4.05. The molecule has 0 fully saturated rings. The van der Waals surface area contributed by atoms with Crippen molar-refractivity contribution in [1.29, 1.82) is 0 Å². The molecule has 0 aliphatic heterocycles. The summed E-state index contributed by atoms with van der Waals surface area (Å²) < 4.78 is 0. The number of rotatable bonds is 9. The summed E-state index contributed by atoms with van der Waals surface area (Å²) >= 11 is 0. The zero-order valence-electron chi connectivity index (χ0n) is 13.8. The molecule has 0 atom stereocenters. The van der Waals surface area contributed by atoms with Crippen LogP contribution >= 0.6 is 0 Å². The molecule has 0 radical (unpaired) electrons. The smallest absolute Gasteiger partial charge is 0.412 e. The fraction of sp³-hybridized carbons (Fsp3) is 0.571. The van der Waals surface area contributed by atoms with E-state index in [4.69, 9.17) is 15.8 Å². The maximum atomic E-state index is 11.1. The molecule has 0 amide bonds. The molecule has 0 aliphatic rings. The third kappa shape index (κ3) is 9.11. The average molecular weight is 315 g/mol. The van der Waals surface area contributed by atoms with Crippen LogP contribution in [0.1, 0.15) is 27.7 Å². The molecule has 1 aromatic rings. The van der Waals surface area contributed by atoms with E-state index >= 15 is 0 Å². The van der Waals surface area contributed by atoms with Crippen molar-refractivity contribution >= 4 is 0 Å². The van der Waals surface area contributed by atoms with E-state index in [1.807, 2.05) is 45.9 Å². The van der Waals surface area contributed by atoms with Crippen molar-refractivity contribution in [3.63, 3.8) is 0 Å². The highest BCUT2D eigenvalue weighted by Crippen LogP contribution is 2.04. The maximum Gasteiger partial charge on any atom is 0.519 e. The molecule has 0 aliphatic carbocycles. The van der Waals surface area contributed by atoms with Crippen LogP contribution in [0, 0.1) is 4.91 Å². The van der Waals surface area contributed by atoms with Gasteiger partial charge in [0.1, 0.15) is 10.7 Å². The van der Waals surface area contributed by atoms with Gasteiger partial charge < -0.3 is 4.84 Å². The third-order valence-corrected chi connectivity index (χ3v) is 2.65. The first-order valence-corrected chi connectivity index (χ1v) is 7.36. The Morgan fingerprint density at radius 1 is 0.909 bits per heavy atom. The zero-order valence-corrected chi connectivity index (χ0v) is 13.8. The molecule has 22 heavy (non-hydrogen) atoms. The molecule has 8 heteroatoms. The number of para-hydroxylation sites is 1. The molecule has 0 saturated heterocycles. The molecule has 8 nitrogen and oxygen atoms in total. The van der Waals surface area contributed by atoms with Crippen LogP contribution in [0.15, 0.2) is 30.3 Å². The van der Waals surface area contributed by atoms with Crippen molar-refractivity contribution < 1.29 is 19.8 Å². The van der Waals surface area contributed by atoms with Crippen molar-refractivity contribution in [1.82, 2.24) is 10.1 Å². The van der Waals surface area contributed by atoms with Crippen molar-refractivity contribution in [3.05, 3.63) is 35.2 Å². The molecule has 0 aromatic heterocycles. The molecule has 0 heterocycles. The monoisotopic (exact) mass is 315 g/mol. The van der Waals surface area contributed by atoms with Crippen LogP contribution in [0.4, 0.5) is 0 Å². The van der Waals surface area contributed by atoms with E-state index in [1.165, 1.54) is 10.1 Å². The molecule has 0 spiro atoms. The second-order valence-corrected chi connectivity index (χ2v) is 4.05. The summed E-state index contributed by atoms with van der Waals surface area (Å²) in [5.41, 5.74) is 0. The number of hydrogen-bond donors (Lipinski definition) is 1. The molecule has 1 rings (SSSR count). The zero-order chi connectivity index (χ0) is 16.8. The maximum absolute atomic E-state index is 11.1. The predicted octanol–water partition coefficient (Wildman–Crippen LogP) is 2.08. The molecule has 0 bridgehead atoms. The Morgan fingerprint density at radius 2 is 1.32 bits per heavy atom. The Morgan fingerprint density at radius 3 is 1.59 bits per heavy atom. The van der Waals surface area contributed by atoms with Gasteiger partial charge in [-0.2, -0.15) is 5.90 Å². The molecule has 0 unspecified atom stereocenters. The number of nitrogens with two attached hydrogens (primary N) is 1. The number of hydroxylamine groups is 4. The first-order valence-electron chi connectivity index (χ1n) is 7.36. The van der Waals surface area contributed by atoms with E-state index in [0.29, 0.717) is 31.9 Å². The third-order valence-electron chi connectivity index (χ3n) is 2.65. The Kier molecular flexibility index (Phi) is 11.7. The van der Waals surface area contributed by atoms with Gasteiger partial charge in [0.15, 0.2) is 0 Å². The second kappa shape index (κ2) is 12.8. The summed E-state index contributed by atoms with van der Waals surface area (Å²) in [6.45, 7) is 10.1. The van der Waals surface area contributed by atoms with Crippen LogP contribution in [0.3, 0.4) is 0 Å². The van der Waals surface area contributed by atoms with E-state index in [9.17, 15) is 4.91 Å². The van der Waals surface area contributed by atoms with Crippen LogP contribution in [-0.4, -0.2) is 41.4 Å². The largest absolute Gasteiger partial charge is 0.519 e. The molecule has 0 saturated carbocycles. The van der Waals surface area contributed by atoms with Gasteiger partial charge in [-0.15, -0.1) is 0 Å². The summed E-state index contributed by atoms with van der Waals surface area (Å²) in [6, 6.07) is 9.22. The standard InChI is InChI=1S/C8H20N3O3.C6H7NO/c1-5-9(6-2)13-11(12)14-10(7-3)8-4;7-8-6-4-2-1-3-5-6/h5-8H2,1-4H3;1-5H,7H2/q+1;. The quantitative estimate of drug-likeness (QED) is 0.699. The van der Waals surface area contributed by atoms with Gasteiger partial charge in [-0.3, -0.25) is 0 Å². The Labute approximate surface area is 131 Å². The van der Waals surface area contributed by atoms with Gasteiger partial charge in [-0.25, -0.2) is 0 Å². The van der Waals surface area contributed by atoms with Crippen LogP contribution in [-0.2, 0) is 9.88 Å². The van der Waals surface area contributed by atoms with Gasteiger partial charge in [0.25, 0.3) is 0 Å². The van der Waals surface area contributed by atoms with E-state index in [0.717, 1.165) is 0 Å². The van der Waals surface area contributed by atoms with E-state index in [1.54, 1.807) is 12.1 Å². The molecular formula is C14H27N4O4+. The molecule has 2 N–H and O–H groups in total. The van der Waals surface area contributed by atoms with E-state index in [-0.39, 0.29) is 5.09 Å². The Bertz CT molecular complexity index is 368. The number of nitrogens with zero attached hydrogens (tertiary/aromatic N) is 3.